The van der Waals surface area contributed by atoms with Gasteiger partial charge in [0.2, 0.25) is 17.7 Å². The molecule has 2 saturated heterocycles. The maximum atomic E-state index is 12.9. The number of hydrogen-bond acceptors (Lipinski definition) is 7. The molecule has 3 heterocycles. The molecule has 3 N–H and O–H groups in total. The van der Waals surface area contributed by atoms with Gasteiger partial charge < -0.3 is 25.4 Å². The second-order valence-corrected chi connectivity index (χ2v) is 8.65. The number of hydrogen-bond donors (Lipinski definition) is 3. The van der Waals surface area contributed by atoms with Crippen LogP contribution in [0.5, 0.6) is 0 Å². The van der Waals surface area contributed by atoms with Crippen LogP contribution in [0.25, 0.3) is 0 Å². The zero-order valence-electron chi connectivity index (χ0n) is 19.6. The van der Waals surface area contributed by atoms with E-state index in [-0.39, 0.29) is 13.2 Å². The van der Waals surface area contributed by atoms with Crippen LogP contribution in [-0.2, 0) is 30.5 Å². The zero-order chi connectivity index (χ0) is 25.4. The molecule has 0 aromatic carbocycles. The summed E-state index contributed by atoms with van der Waals surface area (Å²) in [6, 6.07) is 0.841. The van der Waals surface area contributed by atoms with Gasteiger partial charge in [-0.25, -0.2) is 9.59 Å². The minimum Gasteiger partial charge on any atom is -0.480 e. The Morgan fingerprint density at radius 2 is 1.74 bits per heavy atom. The van der Waals surface area contributed by atoms with E-state index in [0.717, 1.165) is 18.4 Å². The van der Waals surface area contributed by atoms with E-state index in [1.165, 1.54) is 16.7 Å². The first-order chi connectivity index (χ1) is 16.8. The first-order valence-corrected chi connectivity index (χ1v) is 11.7. The minimum absolute atomic E-state index is 0.0543. The Balaban J connectivity index is 1.49. The van der Waals surface area contributed by atoms with E-state index in [9.17, 15) is 29.1 Å². The molecular formula is C23H31N5O7. The molecule has 3 atom stereocenters. The number of rotatable bonds is 8. The van der Waals surface area contributed by atoms with Gasteiger partial charge in [0.1, 0.15) is 24.7 Å². The normalized spacial score (nSPS) is 20.6. The van der Waals surface area contributed by atoms with E-state index in [0.29, 0.717) is 32.4 Å². The molecule has 0 radical (unpaired) electrons. The lowest BCUT2D eigenvalue weighted by Crippen LogP contribution is -2.56. The minimum atomic E-state index is -1.07. The maximum absolute atomic E-state index is 12.9. The largest absolute Gasteiger partial charge is 0.480 e. The first-order valence-electron chi connectivity index (χ1n) is 11.7. The van der Waals surface area contributed by atoms with Gasteiger partial charge in [-0.05, 0) is 56.7 Å². The molecule has 190 valence electrons. The molecule has 35 heavy (non-hydrogen) atoms. The monoisotopic (exact) mass is 489 g/mol. The summed E-state index contributed by atoms with van der Waals surface area (Å²) in [5, 5.41) is 14.3. The number of carboxylic acids is 1. The third kappa shape index (κ3) is 6.90. The van der Waals surface area contributed by atoms with Crippen molar-refractivity contribution in [2.24, 2.45) is 0 Å². The van der Waals surface area contributed by atoms with Gasteiger partial charge >= 0.3 is 12.1 Å². The highest BCUT2D eigenvalue weighted by Crippen LogP contribution is 2.19. The van der Waals surface area contributed by atoms with Gasteiger partial charge in [0.15, 0.2) is 0 Å². The topological polar surface area (TPSA) is 158 Å². The van der Waals surface area contributed by atoms with Crippen LogP contribution in [0.4, 0.5) is 4.79 Å². The Hall–Kier alpha value is -3.70. The standard InChI is InChI=1S/C23H31N5O7/c1-15(20(30)25-13-19(29)27-12-4-6-18(27)22(32)33)26-21(31)17-5-2-3-11-28(17)23(34)35-14-16-7-9-24-10-8-16/h7-10,15,17-18H,2-6,11-14H2,1H3,(H,25,30)(H,26,31)(H,32,33)/t15-,17?,18-/m0/s1. The van der Waals surface area contributed by atoms with Crippen molar-refractivity contribution in [2.45, 2.75) is 63.8 Å². The molecule has 4 amide bonds. The number of pyridine rings is 1. The number of piperidine rings is 1. The van der Waals surface area contributed by atoms with Crippen LogP contribution in [0.2, 0.25) is 0 Å². The summed E-state index contributed by atoms with van der Waals surface area (Å²) >= 11 is 0. The summed E-state index contributed by atoms with van der Waals surface area (Å²) in [5.74, 6) is -2.62. The van der Waals surface area contributed by atoms with Crippen molar-refractivity contribution < 1.29 is 33.8 Å². The van der Waals surface area contributed by atoms with Gasteiger partial charge in [0, 0.05) is 25.5 Å². The average Bonchev–Trinajstić information content (AvgIpc) is 3.37. The molecule has 0 aliphatic carbocycles. The molecule has 0 saturated carbocycles. The van der Waals surface area contributed by atoms with Crippen LogP contribution < -0.4 is 10.6 Å². The predicted molar refractivity (Wildman–Crippen MR) is 122 cm³/mol. The first kappa shape index (κ1) is 25.9. The van der Waals surface area contributed by atoms with Crippen molar-refractivity contribution >= 4 is 29.8 Å². The van der Waals surface area contributed by atoms with Crippen LogP contribution in [-0.4, -0.2) is 87.4 Å². The second kappa shape index (κ2) is 12.1. The number of aliphatic carboxylic acids is 1. The van der Waals surface area contributed by atoms with Gasteiger partial charge in [0.25, 0.3) is 0 Å². The van der Waals surface area contributed by atoms with E-state index in [1.807, 2.05) is 0 Å². The molecular weight excluding hydrogens is 458 g/mol. The number of carbonyl (C=O) groups excluding carboxylic acids is 4. The van der Waals surface area contributed by atoms with Crippen molar-refractivity contribution in [1.82, 2.24) is 25.4 Å². The molecule has 3 rings (SSSR count). The quantitative estimate of drug-likeness (QED) is 0.469. The fraction of sp³-hybridized carbons (Fsp3) is 0.565. The third-order valence-corrected chi connectivity index (χ3v) is 6.18. The number of amides is 4. The number of nitrogens with one attached hydrogen (secondary N) is 2. The highest BCUT2D eigenvalue weighted by molar-refractivity contribution is 5.93. The fourth-order valence-electron chi connectivity index (χ4n) is 4.24. The molecule has 2 aliphatic heterocycles. The summed E-state index contributed by atoms with van der Waals surface area (Å²) in [7, 11) is 0. The summed E-state index contributed by atoms with van der Waals surface area (Å²) in [4.78, 5) is 68.1. The summed E-state index contributed by atoms with van der Waals surface area (Å²) in [6.45, 7) is 1.86. The lowest BCUT2D eigenvalue weighted by Gasteiger charge is -2.34. The molecule has 12 heteroatoms. The molecule has 1 aromatic rings. The van der Waals surface area contributed by atoms with Gasteiger partial charge in [-0.2, -0.15) is 0 Å². The van der Waals surface area contributed by atoms with E-state index in [1.54, 1.807) is 24.5 Å². The number of carboxylic acid groups (broad SMARTS) is 1. The molecule has 1 aromatic heterocycles. The van der Waals surface area contributed by atoms with Crippen molar-refractivity contribution in [2.75, 3.05) is 19.6 Å². The van der Waals surface area contributed by atoms with Gasteiger partial charge in [-0.3, -0.25) is 24.3 Å². The molecule has 1 unspecified atom stereocenters. The lowest BCUT2D eigenvalue weighted by atomic mass is 10.0. The Labute approximate surface area is 203 Å². The van der Waals surface area contributed by atoms with Crippen molar-refractivity contribution in [3.8, 4) is 0 Å². The summed E-state index contributed by atoms with van der Waals surface area (Å²) in [6.07, 6.45) is 5.47. The van der Waals surface area contributed by atoms with Crippen molar-refractivity contribution in [3.05, 3.63) is 30.1 Å². The third-order valence-electron chi connectivity index (χ3n) is 6.18. The summed E-state index contributed by atoms with van der Waals surface area (Å²) in [5.41, 5.74) is 0.773. The molecule has 12 nitrogen and oxygen atoms in total. The van der Waals surface area contributed by atoms with Gasteiger partial charge in [-0.1, -0.05) is 0 Å². The number of nitrogens with zero attached hydrogens (tertiary/aromatic N) is 3. The Morgan fingerprint density at radius 3 is 2.46 bits per heavy atom. The fourth-order valence-corrected chi connectivity index (χ4v) is 4.24. The number of aromatic nitrogens is 1. The van der Waals surface area contributed by atoms with Gasteiger partial charge in [-0.15, -0.1) is 0 Å². The highest BCUT2D eigenvalue weighted by atomic mass is 16.6. The molecule has 2 fully saturated rings. The van der Waals surface area contributed by atoms with Crippen LogP contribution in [0.15, 0.2) is 24.5 Å². The summed E-state index contributed by atoms with van der Waals surface area (Å²) < 4.78 is 5.36. The van der Waals surface area contributed by atoms with Crippen LogP contribution >= 0.6 is 0 Å². The Kier molecular flexibility index (Phi) is 8.98. The lowest BCUT2D eigenvalue weighted by molar-refractivity contribution is -0.148. The van der Waals surface area contributed by atoms with E-state index in [4.69, 9.17) is 4.74 Å². The van der Waals surface area contributed by atoms with Crippen LogP contribution in [0.1, 0.15) is 44.6 Å². The van der Waals surface area contributed by atoms with E-state index < -0.39 is 47.9 Å². The van der Waals surface area contributed by atoms with Crippen LogP contribution in [0.3, 0.4) is 0 Å². The van der Waals surface area contributed by atoms with Crippen molar-refractivity contribution in [1.29, 1.82) is 0 Å². The SMILES string of the molecule is C[C@H](NC(=O)C1CCCCN1C(=O)OCc1ccncc1)C(=O)NCC(=O)N1CCC[C@H]1C(=O)O. The van der Waals surface area contributed by atoms with E-state index in [2.05, 4.69) is 15.6 Å². The zero-order valence-corrected chi connectivity index (χ0v) is 19.6. The maximum Gasteiger partial charge on any atom is 0.410 e. The number of carbonyl (C=O) groups is 5. The highest BCUT2D eigenvalue weighted by Gasteiger charge is 2.36. The Bertz CT molecular complexity index is 941. The van der Waals surface area contributed by atoms with E-state index >= 15 is 0 Å². The van der Waals surface area contributed by atoms with Crippen LogP contribution in [0, 0.1) is 0 Å². The number of ether oxygens (including phenoxy) is 1. The molecule has 0 bridgehead atoms. The predicted octanol–water partition coefficient (Wildman–Crippen LogP) is 0.269. The molecule has 0 spiro atoms. The Morgan fingerprint density at radius 1 is 1.06 bits per heavy atom. The van der Waals surface area contributed by atoms with Gasteiger partial charge in [0.05, 0.1) is 6.54 Å². The smallest absolute Gasteiger partial charge is 0.410 e. The second-order valence-electron chi connectivity index (χ2n) is 8.65. The number of likely N-dealkylation sites (tertiary alicyclic amines) is 2. The van der Waals surface area contributed by atoms with Crippen molar-refractivity contribution in [3.63, 3.8) is 0 Å². The average molecular weight is 490 g/mol. The molecule has 2 aliphatic rings.